The molecule has 0 radical (unpaired) electrons. The number of carbonyl (C=O) groups excluding carboxylic acids is 1. The number of aryl methyl sites for hydroxylation is 1. The number of benzene rings is 2. The van der Waals surface area contributed by atoms with E-state index in [0.29, 0.717) is 59.4 Å². The predicted molar refractivity (Wildman–Crippen MR) is 110 cm³/mol. The lowest BCUT2D eigenvalue weighted by Gasteiger charge is -2.12. The summed E-state index contributed by atoms with van der Waals surface area (Å²) in [6.07, 6.45) is 1.34. The highest BCUT2D eigenvalue weighted by Gasteiger charge is 2.16. The summed E-state index contributed by atoms with van der Waals surface area (Å²) in [5.74, 6) is 1.48. The summed E-state index contributed by atoms with van der Waals surface area (Å²) in [4.78, 5) is 31.5. The molecule has 8 heteroatoms. The van der Waals surface area contributed by atoms with Crippen LogP contribution in [0.25, 0.3) is 10.9 Å². The molecule has 1 aliphatic rings. The number of halogens is 1. The number of hydrogen-bond donors (Lipinski definition) is 2. The van der Waals surface area contributed by atoms with E-state index in [-0.39, 0.29) is 17.9 Å². The van der Waals surface area contributed by atoms with Crippen molar-refractivity contribution in [3.8, 4) is 11.5 Å². The fraction of sp³-hybridized carbons (Fsp3) is 0.286. The molecule has 29 heavy (non-hydrogen) atoms. The molecule has 2 heterocycles. The molecular formula is C21H20ClN3O4. The molecule has 7 nitrogen and oxygen atoms in total. The van der Waals surface area contributed by atoms with Crippen LogP contribution in [0.4, 0.5) is 0 Å². The third-order valence-electron chi connectivity index (χ3n) is 4.60. The van der Waals surface area contributed by atoms with Crippen molar-refractivity contribution in [2.24, 2.45) is 0 Å². The van der Waals surface area contributed by atoms with Crippen LogP contribution in [0.3, 0.4) is 0 Å². The molecule has 0 atom stereocenters. The van der Waals surface area contributed by atoms with Gasteiger partial charge in [-0.25, -0.2) is 4.98 Å². The summed E-state index contributed by atoms with van der Waals surface area (Å²) in [7, 11) is 0. The number of carbonyl (C=O) groups is 1. The third kappa shape index (κ3) is 4.51. The lowest BCUT2D eigenvalue weighted by Crippen LogP contribution is -2.24. The minimum Gasteiger partial charge on any atom is -0.489 e. The minimum absolute atomic E-state index is 0.149. The van der Waals surface area contributed by atoms with Crippen molar-refractivity contribution >= 4 is 28.4 Å². The second-order valence-corrected chi connectivity index (χ2v) is 7.17. The van der Waals surface area contributed by atoms with Gasteiger partial charge in [-0.1, -0.05) is 23.7 Å². The van der Waals surface area contributed by atoms with E-state index in [1.165, 1.54) is 0 Å². The van der Waals surface area contributed by atoms with Crippen molar-refractivity contribution in [1.29, 1.82) is 0 Å². The van der Waals surface area contributed by atoms with E-state index in [2.05, 4.69) is 15.3 Å². The first-order valence-electron chi connectivity index (χ1n) is 9.43. The maximum absolute atomic E-state index is 12.2. The zero-order valence-electron chi connectivity index (χ0n) is 15.7. The standard InChI is InChI=1S/C21H20ClN3O4/c22-15-10-13(11-17-20(15)29-9-3-8-28-17)12-23-19(26)7-6-18-24-16-5-2-1-4-14(16)21(27)25-18/h1-2,4-5,10-11H,3,6-9,12H2,(H,23,26)(H,24,25,27). The molecule has 0 unspecified atom stereocenters. The summed E-state index contributed by atoms with van der Waals surface area (Å²) < 4.78 is 11.3. The van der Waals surface area contributed by atoms with Crippen molar-refractivity contribution in [3.63, 3.8) is 0 Å². The van der Waals surface area contributed by atoms with Crippen LogP contribution in [0.5, 0.6) is 11.5 Å². The molecular weight excluding hydrogens is 394 g/mol. The Kier molecular flexibility index (Phi) is 5.67. The Labute approximate surface area is 172 Å². The van der Waals surface area contributed by atoms with Gasteiger partial charge in [-0.3, -0.25) is 9.59 Å². The second-order valence-electron chi connectivity index (χ2n) is 6.76. The van der Waals surface area contributed by atoms with Gasteiger partial charge in [0.05, 0.1) is 29.1 Å². The summed E-state index contributed by atoms with van der Waals surface area (Å²) in [5, 5.41) is 3.86. The molecule has 4 rings (SSSR count). The lowest BCUT2D eigenvalue weighted by molar-refractivity contribution is -0.121. The molecule has 1 amide bonds. The first-order chi connectivity index (χ1) is 14.1. The highest BCUT2D eigenvalue weighted by Crippen LogP contribution is 2.37. The lowest BCUT2D eigenvalue weighted by atomic mass is 10.2. The van der Waals surface area contributed by atoms with Crippen LogP contribution in [0, 0.1) is 0 Å². The first-order valence-corrected chi connectivity index (χ1v) is 9.80. The van der Waals surface area contributed by atoms with Gasteiger partial charge in [0.1, 0.15) is 5.82 Å². The van der Waals surface area contributed by atoms with Gasteiger partial charge >= 0.3 is 0 Å². The predicted octanol–water partition coefficient (Wildman–Crippen LogP) is 2.99. The van der Waals surface area contributed by atoms with E-state index in [4.69, 9.17) is 21.1 Å². The summed E-state index contributed by atoms with van der Waals surface area (Å²) in [6, 6.07) is 10.7. The highest BCUT2D eigenvalue weighted by molar-refractivity contribution is 6.32. The molecule has 1 aliphatic heterocycles. The smallest absolute Gasteiger partial charge is 0.258 e. The molecule has 0 spiro atoms. The van der Waals surface area contributed by atoms with Gasteiger partial charge in [-0.15, -0.1) is 0 Å². The Bertz CT molecular complexity index is 1110. The van der Waals surface area contributed by atoms with Gasteiger partial charge in [-0.05, 0) is 29.8 Å². The fourth-order valence-electron chi connectivity index (χ4n) is 3.16. The van der Waals surface area contributed by atoms with E-state index in [9.17, 15) is 9.59 Å². The van der Waals surface area contributed by atoms with E-state index in [1.54, 1.807) is 24.3 Å². The number of ether oxygens (including phenoxy) is 2. The van der Waals surface area contributed by atoms with E-state index in [1.807, 2.05) is 12.1 Å². The van der Waals surface area contributed by atoms with Crippen LogP contribution < -0.4 is 20.3 Å². The zero-order chi connectivity index (χ0) is 20.2. The van der Waals surface area contributed by atoms with E-state index in [0.717, 1.165) is 12.0 Å². The van der Waals surface area contributed by atoms with Gasteiger partial charge in [0.2, 0.25) is 5.91 Å². The van der Waals surface area contributed by atoms with Gasteiger partial charge in [0.15, 0.2) is 11.5 Å². The van der Waals surface area contributed by atoms with Crippen LogP contribution in [-0.4, -0.2) is 29.1 Å². The molecule has 2 aromatic carbocycles. The number of aromatic amines is 1. The Morgan fingerprint density at radius 2 is 2.03 bits per heavy atom. The van der Waals surface area contributed by atoms with Gasteiger partial charge in [-0.2, -0.15) is 0 Å². The molecule has 1 aromatic heterocycles. The van der Waals surface area contributed by atoms with Crippen molar-refractivity contribution < 1.29 is 14.3 Å². The Hall–Kier alpha value is -3.06. The van der Waals surface area contributed by atoms with Crippen LogP contribution in [0.1, 0.15) is 24.2 Å². The topological polar surface area (TPSA) is 93.3 Å². The SMILES string of the molecule is O=C(CCc1nc2ccccc2c(=O)[nH]1)NCc1cc(Cl)c2c(c1)OCCCO2. The first kappa shape index (κ1) is 19.3. The van der Waals surface area contributed by atoms with Gasteiger partial charge in [0, 0.05) is 25.8 Å². The normalized spacial score (nSPS) is 13.1. The number of hydrogen-bond acceptors (Lipinski definition) is 5. The fourth-order valence-corrected chi connectivity index (χ4v) is 3.45. The summed E-state index contributed by atoms with van der Waals surface area (Å²) in [6.45, 7) is 1.45. The highest BCUT2D eigenvalue weighted by atomic mass is 35.5. The number of rotatable bonds is 5. The molecule has 150 valence electrons. The average molecular weight is 414 g/mol. The number of para-hydroxylation sites is 1. The van der Waals surface area contributed by atoms with Crippen LogP contribution in [0.15, 0.2) is 41.2 Å². The summed E-state index contributed by atoms with van der Waals surface area (Å²) in [5.41, 5.74) is 1.24. The number of aromatic nitrogens is 2. The monoisotopic (exact) mass is 413 g/mol. The zero-order valence-corrected chi connectivity index (χ0v) is 16.4. The Balaban J connectivity index is 1.37. The maximum atomic E-state index is 12.2. The Morgan fingerprint density at radius 1 is 1.21 bits per heavy atom. The number of amides is 1. The van der Waals surface area contributed by atoms with Gasteiger partial charge < -0.3 is 19.8 Å². The van der Waals surface area contributed by atoms with Crippen molar-refractivity contribution in [2.45, 2.75) is 25.8 Å². The molecule has 3 aromatic rings. The molecule has 0 saturated carbocycles. The van der Waals surface area contributed by atoms with Crippen molar-refractivity contribution in [3.05, 3.63) is 63.2 Å². The molecule has 2 N–H and O–H groups in total. The van der Waals surface area contributed by atoms with Crippen molar-refractivity contribution in [1.82, 2.24) is 15.3 Å². The van der Waals surface area contributed by atoms with Crippen molar-refractivity contribution in [2.75, 3.05) is 13.2 Å². The molecule has 0 bridgehead atoms. The Morgan fingerprint density at radius 3 is 2.93 bits per heavy atom. The average Bonchev–Trinajstić information content (AvgIpc) is 2.97. The van der Waals surface area contributed by atoms with Crippen LogP contribution >= 0.6 is 11.6 Å². The molecule has 0 saturated heterocycles. The largest absolute Gasteiger partial charge is 0.489 e. The minimum atomic E-state index is -0.201. The van der Waals surface area contributed by atoms with Crippen LogP contribution in [0.2, 0.25) is 5.02 Å². The van der Waals surface area contributed by atoms with E-state index >= 15 is 0 Å². The maximum Gasteiger partial charge on any atom is 0.258 e. The van der Waals surface area contributed by atoms with Gasteiger partial charge in [0.25, 0.3) is 5.56 Å². The van der Waals surface area contributed by atoms with Crippen LogP contribution in [-0.2, 0) is 17.8 Å². The number of H-pyrrole nitrogens is 1. The number of nitrogens with one attached hydrogen (secondary N) is 2. The van der Waals surface area contributed by atoms with E-state index < -0.39 is 0 Å². The second kappa shape index (κ2) is 8.53. The number of fused-ring (bicyclic) bond motifs is 2. The molecule has 0 fully saturated rings. The quantitative estimate of drug-likeness (QED) is 0.670. The third-order valence-corrected chi connectivity index (χ3v) is 4.88. The number of nitrogens with zero attached hydrogens (tertiary/aromatic N) is 1. The molecule has 0 aliphatic carbocycles. The summed E-state index contributed by atoms with van der Waals surface area (Å²) >= 11 is 6.28.